The summed E-state index contributed by atoms with van der Waals surface area (Å²) in [5, 5.41) is 0. The molecule has 0 atom stereocenters. The zero-order valence-electron chi connectivity index (χ0n) is 12.3. The van der Waals surface area contributed by atoms with Crippen LogP contribution < -0.4 is 0 Å². The lowest BCUT2D eigenvalue weighted by Gasteiger charge is -2.34. The summed E-state index contributed by atoms with van der Waals surface area (Å²) in [5.41, 5.74) is 1.14. The molecule has 1 aliphatic heterocycles. The second-order valence-electron chi connectivity index (χ2n) is 5.80. The summed E-state index contributed by atoms with van der Waals surface area (Å²) in [6.45, 7) is 9.11. The van der Waals surface area contributed by atoms with Crippen molar-refractivity contribution < 1.29 is 9.18 Å². The summed E-state index contributed by atoms with van der Waals surface area (Å²) < 4.78 is 12.9. The van der Waals surface area contributed by atoms with E-state index in [4.69, 9.17) is 0 Å². The molecule has 0 amide bonds. The van der Waals surface area contributed by atoms with Gasteiger partial charge in [0.1, 0.15) is 11.6 Å². The van der Waals surface area contributed by atoms with E-state index in [1.54, 1.807) is 0 Å². The van der Waals surface area contributed by atoms with Crippen LogP contribution in [-0.2, 0) is 11.3 Å². The van der Waals surface area contributed by atoms with Crippen LogP contribution in [0.4, 0.5) is 4.39 Å². The average molecular weight is 278 g/mol. The number of Topliss-reactive ketones (excluding diaryl/α,β-unsaturated/α-hetero) is 1. The Hall–Kier alpha value is -1.26. The maximum absolute atomic E-state index is 12.9. The fourth-order valence-corrected chi connectivity index (χ4v) is 2.36. The number of nitrogens with zero attached hydrogens (tertiary/aromatic N) is 2. The highest BCUT2D eigenvalue weighted by atomic mass is 19.1. The largest absolute Gasteiger partial charge is 0.298 e. The van der Waals surface area contributed by atoms with Gasteiger partial charge in [0.05, 0.1) is 6.54 Å². The summed E-state index contributed by atoms with van der Waals surface area (Å²) in [5.74, 6) is 0.245. The van der Waals surface area contributed by atoms with Gasteiger partial charge >= 0.3 is 0 Å². The Balaban J connectivity index is 1.77. The highest BCUT2D eigenvalue weighted by Crippen LogP contribution is 2.10. The number of carbonyl (C=O) groups excluding carboxylic acids is 1. The van der Waals surface area contributed by atoms with Gasteiger partial charge < -0.3 is 0 Å². The van der Waals surface area contributed by atoms with E-state index in [2.05, 4.69) is 9.80 Å². The molecule has 1 aliphatic rings. The molecule has 0 bridgehead atoms. The van der Waals surface area contributed by atoms with Crippen molar-refractivity contribution in [3.8, 4) is 0 Å². The summed E-state index contributed by atoms with van der Waals surface area (Å²) >= 11 is 0. The van der Waals surface area contributed by atoms with Crippen molar-refractivity contribution in [2.75, 3.05) is 32.7 Å². The van der Waals surface area contributed by atoms with Gasteiger partial charge in [0.25, 0.3) is 0 Å². The smallest absolute Gasteiger partial charge is 0.149 e. The molecule has 1 aromatic rings. The molecular formula is C16H23FN2O. The summed E-state index contributed by atoms with van der Waals surface area (Å²) in [7, 11) is 0. The number of halogens is 1. The molecule has 0 aromatic heterocycles. The molecule has 0 aliphatic carbocycles. The molecule has 0 saturated carbocycles. The first-order valence-electron chi connectivity index (χ1n) is 7.26. The van der Waals surface area contributed by atoms with E-state index in [1.165, 1.54) is 12.1 Å². The van der Waals surface area contributed by atoms with Crippen LogP contribution in [0, 0.1) is 11.7 Å². The molecule has 2 rings (SSSR count). The lowest BCUT2D eigenvalue weighted by Crippen LogP contribution is -2.47. The predicted octanol–water partition coefficient (Wildman–Crippen LogP) is 2.17. The number of rotatable bonds is 5. The normalized spacial score (nSPS) is 17.6. The number of benzene rings is 1. The van der Waals surface area contributed by atoms with Gasteiger partial charge in [0.2, 0.25) is 0 Å². The van der Waals surface area contributed by atoms with Crippen molar-refractivity contribution in [1.29, 1.82) is 0 Å². The van der Waals surface area contributed by atoms with Gasteiger partial charge in [-0.1, -0.05) is 26.0 Å². The SMILES string of the molecule is CC(C)C(=O)CN1CCN(Cc2ccc(F)cc2)CC1. The molecule has 110 valence electrons. The molecule has 1 saturated heterocycles. The van der Waals surface area contributed by atoms with Crippen LogP contribution in [0.15, 0.2) is 24.3 Å². The standard InChI is InChI=1S/C16H23FN2O/c1-13(2)16(20)12-19-9-7-18(8-10-19)11-14-3-5-15(17)6-4-14/h3-6,13H,7-12H2,1-2H3. The van der Waals surface area contributed by atoms with Crippen molar-refractivity contribution in [1.82, 2.24) is 9.80 Å². The first-order valence-corrected chi connectivity index (χ1v) is 7.26. The van der Waals surface area contributed by atoms with Crippen molar-refractivity contribution in [2.45, 2.75) is 20.4 Å². The number of hydrogen-bond donors (Lipinski definition) is 0. The summed E-state index contributed by atoms with van der Waals surface area (Å²) in [4.78, 5) is 16.3. The van der Waals surface area contributed by atoms with E-state index in [0.717, 1.165) is 38.3 Å². The van der Waals surface area contributed by atoms with Crippen molar-refractivity contribution in [3.63, 3.8) is 0 Å². The van der Waals surface area contributed by atoms with Gasteiger partial charge in [-0.2, -0.15) is 0 Å². The quantitative estimate of drug-likeness (QED) is 0.824. The van der Waals surface area contributed by atoms with Gasteiger partial charge in [-0.05, 0) is 17.7 Å². The topological polar surface area (TPSA) is 23.6 Å². The minimum atomic E-state index is -0.189. The second-order valence-corrected chi connectivity index (χ2v) is 5.80. The minimum absolute atomic E-state index is 0.118. The molecule has 0 spiro atoms. The first kappa shape index (κ1) is 15.1. The van der Waals surface area contributed by atoms with Gasteiger partial charge in [-0.3, -0.25) is 14.6 Å². The Morgan fingerprint density at radius 2 is 1.65 bits per heavy atom. The number of piperazine rings is 1. The second kappa shape index (κ2) is 6.95. The molecule has 1 heterocycles. The third kappa shape index (κ3) is 4.39. The highest BCUT2D eigenvalue weighted by molar-refractivity contribution is 5.82. The molecule has 1 fully saturated rings. The molecule has 20 heavy (non-hydrogen) atoms. The number of ketones is 1. The maximum Gasteiger partial charge on any atom is 0.149 e. The predicted molar refractivity (Wildman–Crippen MR) is 78.0 cm³/mol. The van der Waals surface area contributed by atoms with E-state index in [1.807, 2.05) is 26.0 Å². The van der Waals surface area contributed by atoms with Crippen LogP contribution >= 0.6 is 0 Å². The summed E-state index contributed by atoms with van der Waals surface area (Å²) in [6, 6.07) is 6.69. The van der Waals surface area contributed by atoms with Gasteiger partial charge in [0.15, 0.2) is 0 Å². The lowest BCUT2D eigenvalue weighted by atomic mass is 10.1. The van der Waals surface area contributed by atoms with Crippen LogP contribution in [0.2, 0.25) is 0 Å². The Morgan fingerprint density at radius 3 is 2.20 bits per heavy atom. The Morgan fingerprint density at radius 1 is 1.10 bits per heavy atom. The maximum atomic E-state index is 12.9. The molecule has 1 aromatic carbocycles. The van der Waals surface area contributed by atoms with Crippen molar-refractivity contribution >= 4 is 5.78 Å². The van der Waals surface area contributed by atoms with E-state index in [-0.39, 0.29) is 11.7 Å². The third-order valence-electron chi connectivity index (χ3n) is 3.81. The van der Waals surface area contributed by atoms with Crippen LogP contribution in [0.5, 0.6) is 0 Å². The van der Waals surface area contributed by atoms with Crippen LogP contribution in [0.25, 0.3) is 0 Å². The van der Waals surface area contributed by atoms with Crippen LogP contribution in [0.3, 0.4) is 0 Å². The fraction of sp³-hybridized carbons (Fsp3) is 0.562. The zero-order chi connectivity index (χ0) is 14.5. The van der Waals surface area contributed by atoms with Gasteiger partial charge in [-0.25, -0.2) is 4.39 Å². The fourth-order valence-electron chi connectivity index (χ4n) is 2.36. The van der Waals surface area contributed by atoms with E-state index < -0.39 is 0 Å². The molecule has 0 N–H and O–H groups in total. The molecule has 0 radical (unpaired) electrons. The molecule has 0 unspecified atom stereocenters. The van der Waals surface area contributed by atoms with Gasteiger partial charge in [0, 0.05) is 38.6 Å². The highest BCUT2D eigenvalue weighted by Gasteiger charge is 2.19. The van der Waals surface area contributed by atoms with E-state index in [0.29, 0.717) is 12.3 Å². The molecular weight excluding hydrogens is 255 g/mol. The minimum Gasteiger partial charge on any atom is -0.298 e. The molecule has 3 nitrogen and oxygen atoms in total. The van der Waals surface area contributed by atoms with Crippen LogP contribution in [-0.4, -0.2) is 48.3 Å². The third-order valence-corrected chi connectivity index (χ3v) is 3.81. The average Bonchev–Trinajstić information content (AvgIpc) is 2.43. The lowest BCUT2D eigenvalue weighted by molar-refractivity contribution is -0.123. The molecule has 4 heteroatoms. The summed E-state index contributed by atoms with van der Waals surface area (Å²) in [6.07, 6.45) is 0. The van der Waals surface area contributed by atoms with Gasteiger partial charge in [-0.15, -0.1) is 0 Å². The number of carbonyl (C=O) groups is 1. The van der Waals surface area contributed by atoms with Crippen LogP contribution in [0.1, 0.15) is 19.4 Å². The monoisotopic (exact) mass is 278 g/mol. The van der Waals surface area contributed by atoms with Crippen molar-refractivity contribution in [3.05, 3.63) is 35.6 Å². The zero-order valence-corrected chi connectivity index (χ0v) is 12.3. The Labute approximate surface area is 120 Å². The Kier molecular flexibility index (Phi) is 5.26. The Bertz CT molecular complexity index is 436. The first-order chi connectivity index (χ1) is 9.54. The van der Waals surface area contributed by atoms with E-state index >= 15 is 0 Å². The van der Waals surface area contributed by atoms with E-state index in [9.17, 15) is 9.18 Å². The number of hydrogen-bond acceptors (Lipinski definition) is 3. The van der Waals surface area contributed by atoms with Crippen molar-refractivity contribution in [2.24, 2.45) is 5.92 Å².